The first-order valence-electron chi connectivity index (χ1n) is 11.8. The van der Waals surface area contributed by atoms with E-state index in [9.17, 15) is 0 Å². The molecule has 1 aromatic heterocycles. The molecule has 164 valence electrons. The fraction of sp³-hybridized carbons (Fsp3) is 0. The van der Waals surface area contributed by atoms with E-state index in [4.69, 9.17) is 4.74 Å². The Balaban J connectivity index is 1.48. The van der Waals surface area contributed by atoms with Crippen LogP contribution < -0.4 is 9.64 Å². The van der Waals surface area contributed by atoms with Crippen molar-refractivity contribution in [3.05, 3.63) is 115 Å². The predicted molar refractivity (Wildman–Crippen MR) is 149 cm³/mol. The maximum atomic E-state index is 6.65. The van der Waals surface area contributed by atoms with Gasteiger partial charge in [-0.05, 0) is 47.2 Å². The van der Waals surface area contributed by atoms with Gasteiger partial charge < -0.3 is 9.64 Å². The minimum atomic E-state index is 0.878. The minimum Gasteiger partial charge on any atom is -0.452 e. The van der Waals surface area contributed by atoms with Crippen molar-refractivity contribution in [2.24, 2.45) is 0 Å². The van der Waals surface area contributed by atoms with Crippen LogP contribution in [0.4, 0.5) is 17.1 Å². The van der Waals surface area contributed by atoms with Crippen LogP contribution in [-0.4, -0.2) is 0 Å². The summed E-state index contributed by atoms with van der Waals surface area (Å²) in [7, 11) is 0. The summed E-state index contributed by atoms with van der Waals surface area (Å²) in [5, 5.41) is 7.27. The Morgan fingerprint density at radius 2 is 1.23 bits per heavy atom. The SMILES string of the molecule is c1ccc2c3c(ccc2c1)N(c1ccc2sc4ccccc4c2c1)c1c(ccc2ccccc12)O3. The zero-order chi connectivity index (χ0) is 22.9. The lowest BCUT2D eigenvalue weighted by Crippen LogP contribution is -2.16. The zero-order valence-electron chi connectivity index (χ0n) is 18.7. The second-order valence-electron chi connectivity index (χ2n) is 8.98. The van der Waals surface area contributed by atoms with Gasteiger partial charge in [-0.25, -0.2) is 0 Å². The Morgan fingerprint density at radius 1 is 0.543 bits per heavy atom. The molecular formula is C32H19NOS. The molecule has 1 aliphatic rings. The second-order valence-corrected chi connectivity index (χ2v) is 10.1. The van der Waals surface area contributed by atoms with Crippen LogP contribution in [0, 0.1) is 0 Å². The van der Waals surface area contributed by atoms with Crippen LogP contribution in [0.5, 0.6) is 11.5 Å². The number of fused-ring (bicyclic) bond motifs is 9. The number of rotatable bonds is 1. The Labute approximate surface area is 206 Å². The van der Waals surface area contributed by atoms with Gasteiger partial charge in [0.1, 0.15) is 0 Å². The Morgan fingerprint density at radius 3 is 2.11 bits per heavy atom. The van der Waals surface area contributed by atoms with Crippen molar-refractivity contribution in [2.45, 2.75) is 0 Å². The van der Waals surface area contributed by atoms with E-state index in [2.05, 4.69) is 120 Å². The number of ether oxygens (including phenoxy) is 1. The van der Waals surface area contributed by atoms with Gasteiger partial charge in [0, 0.05) is 36.6 Å². The van der Waals surface area contributed by atoms with Crippen LogP contribution in [-0.2, 0) is 0 Å². The number of hydrogen-bond acceptors (Lipinski definition) is 3. The highest BCUT2D eigenvalue weighted by molar-refractivity contribution is 7.25. The van der Waals surface area contributed by atoms with Crippen molar-refractivity contribution in [2.75, 3.05) is 4.90 Å². The predicted octanol–water partition coefficient (Wildman–Crippen LogP) is 9.94. The molecule has 0 bridgehead atoms. The van der Waals surface area contributed by atoms with Gasteiger partial charge in [-0.1, -0.05) is 78.9 Å². The molecule has 0 fully saturated rings. The third kappa shape index (κ3) is 2.70. The lowest BCUT2D eigenvalue weighted by atomic mass is 10.0. The summed E-state index contributed by atoms with van der Waals surface area (Å²) < 4.78 is 9.28. The average Bonchev–Trinajstić information content (AvgIpc) is 3.29. The van der Waals surface area contributed by atoms with E-state index in [0.29, 0.717) is 0 Å². The fourth-order valence-corrected chi connectivity index (χ4v) is 6.50. The van der Waals surface area contributed by atoms with E-state index in [1.807, 2.05) is 11.3 Å². The smallest absolute Gasteiger partial charge is 0.159 e. The molecule has 0 aliphatic carbocycles. The minimum absolute atomic E-state index is 0.878. The first kappa shape index (κ1) is 19.0. The van der Waals surface area contributed by atoms with Crippen molar-refractivity contribution in [1.82, 2.24) is 0 Å². The molecule has 0 saturated carbocycles. The maximum absolute atomic E-state index is 6.65. The topological polar surface area (TPSA) is 12.5 Å². The molecule has 0 atom stereocenters. The van der Waals surface area contributed by atoms with E-state index < -0.39 is 0 Å². The molecule has 3 heteroatoms. The van der Waals surface area contributed by atoms with Gasteiger partial charge in [0.25, 0.3) is 0 Å². The zero-order valence-corrected chi connectivity index (χ0v) is 19.5. The molecule has 0 N–H and O–H groups in total. The Hall–Kier alpha value is -4.34. The standard InChI is InChI=1S/C32H19NOS/c1-3-9-23-20(7-1)14-17-28-31(23)33(27-16-13-21-8-2-4-10-24(21)32(27)34-28)22-15-18-30-26(19-22)25-11-5-6-12-29(25)35-30/h1-19H. The summed E-state index contributed by atoms with van der Waals surface area (Å²) in [5.41, 5.74) is 3.29. The molecule has 2 nitrogen and oxygen atoms in total. The number of anilines is 3. The van der Waals surface area contributed by atoms with Gasteiger partial charge in [0.2, 0.25) is 0 Å². The van der Waals surface area contributed by atoms with Crippen molar-refractivity contribution >= 4 is 70.1 Å². The van der Waals surface area contributed by atoms with Gasteiger partial charge in [-0.2, -0.15) is 0 Å². The van der Waals surface area contributed by atoms with Crippen LogP contribution >= 0.6 is 11.3 Å². The number of hydrogen-bond donors (Lipinski definition) is 0. The van der Waals surface area contributed by atoms with E-state index in [0.717, 1.165) is 33.9 Å². The summed E-state index contributed by atoms with van der Waals surface area (Å²) >= 11 is 1.85. The summed E-state index contributed by atoms with van der Waals surface area (Å²) in [5.74, 6) is 1.78. The average molecular weight is 466 g/mol. The molecule has 0 amide bonds. The maximum Gasteiger partial charge on any atom is 0.159 e. The van der Waals surface area contributed by atoms with Gasteiger partial charge in [0.05, 0.1) is 11.4 Å². The molecule has 0 unspecified atom stereocenters. The monoisotopic (exact) mass is 465 g/mol. The molecular weight excluding hydrogens is 446 g/mol. The molecule has 0 radical (unpaired) electrons. The number of thiophene rings is 1. The molecule has 1 aliphatic heterocycles. The van der Waals surface area contributed by atoms with Crippen LogP contribution in [0.15, 0.2) is 115 Å². The normalized spacial score (nSPS) is 12.7. The summed E-state index contributed by atoms with van der Waals surface area (Å²) in [6.07, 6.45) is 0. The molecule has 7 aromatic rings. The highest BCUT2D eigenvalue weighted by Gasteiger charge is 2.29. The van der Waals surface area contributed by atoms with Crippen LogP contribution in [0.25, 0.3) is 41.7 Å². The van der Waals surface area contributed by atoms with E-state index in [-0.39, 0.29) is 0 Å². The molecule has 35 heavy (non-hydrogen) atoms. The number of nitrogens with zero attached hydrogens (tertiary/aromatic N) is 1. The highest BCUT2D eigenvalue weighted by atomic mass is 32.1. The first-order chi connectivity index (χ1) is 17.3. The number of benzene rings is 6. The second kappa shape index (κ2) is 7.08. The van der Waals surface area contributed by atoms with Crippen molar-refractivity contribution in [3.8, 4) is 11.5 Å². The molecule has 8 rings (SSSR count). The summed E-state index contributed by atoms with van der Waals surface area (Å²) in [6.45, 7) is 0. The lowest BCUT2D eigenvalue weighted by molar-refractivity contribution is 0.483. The molecule has 0 spiro atoms. The summed E-state index contributed by atoms with van der Waals surface area (Å²) in [4.78, 5) is 2.38. The lowest BCUT2D eigenvalue weighted by Gasteiger charge is -2.34. The molecule has 0 saturated heterocycles. The quantitative estimate of drug-likeness (QED) is 0.239. The van der Waals surface area contributed by atoms with Crippen LogP contribution in [0.2, 0.25) is 0 Å². The third-order valence-corrected chi connectivity index (χ3v) is 8.17. The van der Waals surface area contributed by atoms with Crippen molar-refractivity contribution in [1.29, 1.82) is 0 Å². The van der Waals surface area contributed by atoms with E-state index in [1.165, 1.54) is 36.3 Å². The largest absolute Gasteiger partial charge is 0.452 e. The van der Waals surface area contributed by atoms with Crippen molar-refractivity contribution < 1.29 is 4.74 Å². The van der Waals surface area contributed by atoms with Gasteiger partial charge in [-0.15, -0.1) is 11.3 Å². The molecule has 2 heterocycles. The fourth-order valence-electron chi connectivity index (χ4n) is 5.41. The Bertz CT molecular complexity index is 1950. The van der Waals surface area contributed by atoms with E-state index >= 15 is 0 Å². The molecule has 6 aromatic carbocycles. The van der Waals surface area contributed by atoms with Crippen LogP contribution in [0.1, 0.15) is 0 Å². The summed E-state index contributed by atoms with van der Waals surface area (Å²) in [6, 6.07) is 41.1. The first-order valence-corrected chi connectivity index (χ1v) is 12.6. The van der Waals surface area contributed by atoms with Gasteiger partial charge in [0.15, 0.2) is 11.5 Å². The van der Waals surface area contributed by atoms with Gasteiger partial charge in [-0.3, -0.25) is 0 Å². The van der Waals surface area contributed by atoms with Crippen LogP contribution in [0.3, 0.4) is 0 Å². The van der Waals surface area contributed by atoms with Crippen molar-refractivity contribution in [3.63, 3.8) is 0 Å². The Kier molecular flexibility index (Phi) is 3.85. The third-order valence-electron chi connectivity index (χ3n) is 7.02. The highest BCUT2D eigenvalue weighted by Crippen LogP contribution is 2.55. The van der Waals surface area contributed by atoms with Gasteiger partial charge >= 0.3 is 0 Å². The van der Waals surface area contributed by atoms with E-state index in [1.54, 1.807) is 0 Å².